The molecule has 0 aliphatic heterocycles. The van der Waals surface area contributed by atoms with E-state index in [1.165, 1.54) is 15.3 Å². The monoisotopic (exact) mass is 371 g/mol. The number of hydrogen-bond acceptors (Lipinski definition) is 2. The van der Waals surface area contributed by atoms with Gasteiger partial charge in [0.25, 0.3) is 5.91 Å². The van der Waals surface area contributed by atoms with Crippen molar-refractivity contribution in [3.63, 3.8) is 0 Å². The molecule has 0 fully saturated rings. The molecular weight excluding hydrogens is 352 g/mol. The first-order valence-electron chi connectivity index (χ1n) is 8.11. The minimum absolute atomic E-state index is 0.0910. The zero-order valence-electron chi connectivity index (χ0n) is 14.0. The molecule has 1 amide bonds. The van der Waals surface area contributed by atoms with Crippen LogP contribution in [0.2, 0.25) is 4.34 Å². The lowest BCUT2D eigenvalue weighted by molar-refractivity contribution is -0.907. The van der Waals surface area contributed by atoms with Gasteiger partial charge in [0.1, 0.15) is 13.1 Å². The number of carbonyl (C=O) groups is 1. The van der Waals surface area contributed by atoms with E-state index < -0.39 is 0 Å². The van der Waals surface area contributed by atoms with Gasteiger partial charge in [-0.15, -0.1) is 11.3 Å². The third kappa shape index (κ3) is 5.16. The molecule has 2 N–H and O–H groups in total. The standard InChI is InChI=1S/C20H19ClN2OS/c1-23(14-18-11-12-19(21)25-18)13-15-7-9-16(10-8-15)20(24)22-17-5-3-2-4-6-17/h2-12H,13-14H2,1H3,(H,22,24)/p+1. The van der Waals surface area contributed by atoms with Gasteiger partial charge in [0.2, 0.25) is 0 Å². The maximum absolute atomic E-state index is 12.3. The van der Waals surface area contributed by atoms with Gasteiger partial charge in [-0.25, -0.2) is 0 Å². The quantitative estimate of drug-likeness (QED) is 0.677. The van der Waals surface area contributed by atoms with E-state index >= 15 is 0 Å². The molecule has 1 atom stereocenters. The molecule has 3 aromatic rings. The number of hydrogen-bond donors (Lipinski definition) is 2. The van der Waals surface area contributed by atoms with Gasteiger partial charge in [-0.1, -0.05) is 41.9 Å². The molecule has 2 aromatic carbocycles. The fourth-order valence-electron chi connectivity index (χ4n) is 2.65. The van der Waals surface area contributed by atoms with Crippen LogP contribution >= 0.6 is 22.9 Å². The maximum Gasteiger partial charge on any atom is 0.255 e. The van der Waals surface area contributed by atoms with Crippen LogP contribution in [0.5, 0.6) is 0 Å². The predicted molar refractivity (Wildman–Crippen MR) is 104 cm³/mol. The number of rotatable bonds is 6. The van der Waals surface area contributed by atoms with Crippen molar-refractivity contribution in [2.24, 2.45) is 0 Å². The van der Waals surface area contributed by atoms with Crippen LogP contribution in [0, 0.1) is 0 Å². The summed E-state index contributed by atoms with van der Waals surface area (Å²) < 4.78 is 0.830. The Hall–Kier alpha value is -2.14. The summed E-state index contributed by atoms with van der Waals surface area (Å²) in [6, 6.07) is 21.3. The minimum atomic E-state index is -0.0910. The molecule has 3 nitrogen and oxygen atoms in total. The van der Waals surface area contributed by atoms with Gasteiger partial charge in [0.15, 0.2) is 0 Å². The fourth-order valence-corrected chi connectivity index (χ4v) is 3.86. The second-order valence-electron chi connectivity index (χ2n) is 6.03. The van der Waals surface area contributed by atoms with Crippen LogP contribution in [0.4, 0.5) is 5.69 Å². The van der Waals surface area contributed by atoms with Crippen molar-refractivity contribution >= 4 is 34.5 Å². The molecule has 0 spiro atoms. The van der Waals surface area contributed by atoms with Gasteiger partial charge in [-0.05, 0) is 36.4 Å². The highest BCUT2D eigenvalue weighted by atomic mass is 35.5. The fraction of sp³-hybridized carbons (Fsp3) is 0.150. The average Bonchev–Trinajstić information content (AvgIpc) is 3.01. The van der Waals surface area contributed by atoms with Crippen molar-refractivity contribution in [1.29, 1.82) is 0 Å². The molecule has 25 heavy (non-hydrogen) atoms. The molecule has 0 aliphatic rings. The highest BCUT2D eigenvalue weighted by molar-refractivity contribution is 7.16. The Morgan fingerprint density at radius 1 is 1.00 bits per heavy atom. The topological polar surface area (TPSA) is 33.5 Å². The first-order chi connectivity index (χ1) is 12.1. The van der Waals surface area contributed by atoms with Gasteiger partial charge in [0.05, 0.1) is 16.3 Å². The summed E-state index contributed by atoms with van der Waals surface area (Å²) in [5, 5.41) is 2.90. The molecule has 5 heteroatoms. The normalized spacial score (nSPS) is 11.9. The molecular formula is C20H20ClN2OS+. The molecule has 128 valence electrons. The second-order valence-corrected chi connectivity index (χ2v) is 7.83. The van der Waals surface area contributed by atoms with E-state index in [1.807, 2.05) is 60.7 Å². The number of para-hydroxylation sites is 1. The third-order valence-corrected chi connectivity index (χ3v) is 5.09. The van der Waals surface area contributed by atoms with Gasteiger partial charge in [-0.3, -0.25) is 4.79 Å². The zero-order chi connectivity index (χ0) is 17.6. The second kappa shape index (κ2) is 8.30. The van der Waals surface area contributed by atoms with E-state index in [0.29, 0.717) is 5.56 Å². The molecule has 1 heterocycles. The van der Waals surface area contributed by atoms with Gasteiger partial charge in [0, 0.05) is 16.8 Å². The number of anilines is 1. The van der Waals surface area contributed by atoms with Crippen molar-refractivity contribution < 1.29 is 9.69 Å². The van der Waals surface area contributed by atoms with Gasteiger partial charge in [-0.2, -0.15) is 0 Å². The molecule has 1 unspecified atom stereocenters. The molecule has 3 rings (SSSR count). The Kier molecular flexibility index (Phi) is 5.87. The average molecular weight is 372 g/mol. The maximum atomic E-state index is 12.3. The molecule has 0 aliphatic carbocycles. The van der Waals surface area contributed by atoms with E-state index in [0.717, 1.165) is 23.1 Å². The minimum Gasteiger partial charge on any atom is -0.329 e. The number of benzene rings is 2. The zero-order valence-corrected chi connectivity index (χ0v) is 15.5. The van der Waals surface area contributed by atoms with E-state index in [-0.39, 0.29) is 5.91 Å². The predicted octanol–water partition coefficient (Wildman–Crippen LogP) is 3.87. The summed E-state index contributed by atoms with van der Waals surface area (Å²) >= 11 is 7.61. The lowest BCUT2D eigenvalue weighted by Gasteiger charge is -2.13. The summed E-state index contributed by atoms with van der Waals surface area (Å²) in [4.78, 5) is 14.9. The number of halogens is 1. The van der Waals surface area contributed by atoms with Crippen molar-refractivity contribution in [1.82, 2.24) is 0 Å². The lowest BCUT2D eigenvalue weighted by Crippen LogP contribution is -3.06. The van der Waals surface area contributed by atoms with Crippen LogP contribution in [0.15, 0.2) is 66.7 Å². The highest BCUT2D eigenvalue weighted by Gasteiger charge is 2.09. The van der Waals surface area contributed by atoms with E-state index in [1.54, 1.807) is 11.3 Å². The van der Waals surface area contributed by atoms with Crippen LogP contribution in [0.25, 0.3) is 0 Å². The smallest absolute Gasteiger partial charge is 0.255 e. The summed E-state index contributed by atoms with van der Waals surface area (Å²) in [6.45, 7) is 1.84. The van der Waals surface area contributed by atoms with Crippen LogP contribution in [0.3, 0.4) is 0 Å². The number of quaternary nitrogens is 1. The molecule has 1 aromatic heterocycles. The molecule has 0 bridgehead atoms. The van der Waals surface area contributed by atoms with Crippen LogP contribution in [0.1, 0.15) is 20.8 Å². The van der Waals surface area contributed by atoms with Gasteiger partial charge < -0.3 is 10.2 Å². The van der Waals surface area contributed by atoms with Crippen molar-refractivity contribution in [3.05, 3.63) is 87.1 Å². The summed E-state index contributed by atoms with van der Waals surface area (Å²) in [6.07, 6.45) is 0. The summed E-state index contributed by atoms with van der Waals surface area (Å²) in [7, 11) is 2.16. The Bertz CT molecular complexity index is 830. The number of thiophene rings is 1. The van der Waals surface area contributed by atoms with Crippen molar-refractivity contribution in [2.45, 2.75) is 13.1 Å². The number of nitrogens with one attached hydrogen (secondary N) is 2. The number of amides is 1. The van der Waals surface area contributed by atoms with Crippen LogP contribution in [-0.4, -0.2) is 13.0 Å². The van der Waals surface area contributed by atoms with Crippen LogP contribution in [-0.2, 0) is 13.1 Å². The first-order valence-corrected chi connectivity index (χ1v) is 9.30. The lowest BCUT2D eigenvalue weighted by atomic mass is 10.1. The SMILES string of the molecule is C[NH+](Cc1ccc(C(=O)Nc2ccccc2)cc1)Cc1ccc(Cl)s1. The Labute approximate surface area is 156 Å². The largest absolute Gasteiger partial charge is 0.329 e. The molecule has 0 radical (unpaired) electrons. The Balaban J connectivity index is 1.57. The molecule has 0 saturated heterocycles. The van der Waals surface area contributed by atoms with Crippen LogP contribution < -0.4 is 10.2 Å². The van der Waals surface area contributed by atoms with Gasteiger partial charge >= 0.3 is 0 Å². The number of carbonyl (C=O) groups excluding carboxylic acids is 1. The summed E-state index contributed by atoms with van der Waals surface area (Å²) in [5.74, 6) is -0.0910. The highest BCUT2D eigenvalue weighted by Crippen LogP contribution is 2.20. The Morgan fingerprint density at radius 3 is 2.36 bits per heavy atom. The van der Waals surface area contributed by atoms with Crippen molar-refractivity contribution in [2.75, 3.05) is 12.4 Å². The third-order valence-electron chi connectivity index (χ3n) is 3.86. The molecule has 0 saturated carbocycles. The van der Waals surface area contributed by atoms with E-state index in [4.69, 9.17) is 11.6 Å². The van der Waals surface area contributed by atoms with Crippen molar-refractivity contribution in [3.8, 4) is 0 Å². The first kappa shape index (κ1) is 17.7. The van der Waals surface area contributed by atoms with E-state index in [2.05, 4.69) is 18.4 Å². The van der Waals surface area contributed by atoms with E-state index in [9.17, 15) is 4.79 Å². The Morgan fingerprint density at radius 2 is 1.72 bits per heavy atom. The summed E-state index contributed by atoms with van der Waals surface area (Å²) in [5.41, 5.74) is 2.67.